The molecule has 7 amide bonds. The van der Waals surface area contributed by atoms with E-state index in [1.165, 1.54) is 0 Å². The van der Waals surface area contributed by atoms with Crippen LogP contribution in [0.1, 0.15) is 37.3 Å². The van der Waals surface area contributed by atoms with Gasteiger partial charge in [-0.25, -0.2) is 0 Å². The van der Waals surface area contributed by atoms with Crippen LogP contribution < -0.4 is 48.7 Å². The van der Waals surface area contributed by atoms with Crippen molar-refractivity contribution in [3.05, 3.63) is 35.4 Å². The summed E-state index contributed by atoms with van der Waals surface area (Å²) < 4.78 is 0. The Labute approximate surface area is 270 Å². The lowest BCUT2D eigenvalue weighted by molar-refractivity contribution is -0.140. The fraction of sp³-hybridized carbons (Fsp3) is 0.500. The highest BCUT2D eigenvalue weighted by molar-refractivity contribution is 5.93. The van der Waals surface area contributed by atoms with Gasteiger partial charge in [-0.3, -0.25) is 43.7 Å². The molecule has 0 aromatic heterocycles. The highest BCUT2D eigenvalue weighted by Crippen LogP contribution is 2.09. The summed E-state index contributed by atoms with van der Waals surface area (Å²) in [4.78, 5) is 93.4. The SMILES string of the molecule is CC(=O)N[C@@H](CC(=O)O)C(=O)NCC(=O)N[C@@H](CCCc1ccc(CNC(=O)CNC(=O)CNC(O)CNC(=O)CN)cc1)C(N)=O. The number of hydrogen-bond donors (Lipinski definition) is 11. The van der Waals surface area contributed by atoms with Crippen molar-refractivity contribution >= 4 is 47.3 Å². The number of nitrogens with one attached hydrogen (secondary N) is 7. The highest BCUT2D eigenvalue weighted by Gasteiger charge is 2.24. The van der Waals surface area contributed by atoms with Gasteiger partial charge >= 0.3 is 5.97 Å². The Kier molecular flexibility index (Phi) is 18.3. The van der Waals surface area contributed by atoms with E-state index in [-0.39, 0.29) is 39.1 Å². The van der Waals surface area contributed by atoms with Crippen LogP contribution in [0, 0.1) is 0 Å². The topological polar surface area (TPSA) is 313 Å². The van der Waals surface area contributed by atoms with Crippen molar-refractivity contribution in [1.82, 2.24) is 37.2 Å². The molecule has 1 aromatic carbocycles. The highest BCUT2D eigenvalue weighted by atomic mass is 16.4. The molecule has 0 bridgehead atoms. The van der Waals surface area contributed by atoms with Gasteiger partial charge in [0.15, 0.2) is 0 Å². The Morgan fingerprint density at radius 2 is 1.38 bits per heavy atom. The Morgan fingerprint density at radius 1 is 0.766 bits per heavy atom. The summed E-state index contributed by atoms with van der Waals surface area (Å²) in [7, 11) is 0. The van der Waals surface area contributed by atoms with Crippen molar-refractivity contribution in [2.24, 2.45) is 11.5 Å². The predicted octanol–water partition coefficient (Wildman–Crippen LogP) is -5.21. The van der Waals surface area contributed by atoms with Gasteiger partial charge in [-0.05, 0) is 30.4 Å². The first-order valence-corrected chi connectivity index (χ1v) is 14.5. The van der Waals surface area contributed by atoms with Crippen LogP contribution in [0.2, 0.25) is 0 Å². The normalized spacial score (nSPS) is 12.4. The number of carboxylic acids is 1. The van der Waals surface area contributed by atoms with E-state index in [2.05, 4.69) is 37.2 Å². The number of aliphatic hydroxyl groups excluding tert-OH is 1. The molecular formula is C28H43N9O10. The molecule has 19 heteroatoms. The molecule has 0 spiro atoms. The summed E-state index contributed by atoms with van der Waals surface area (Å²) >= 11 is 0. The molecule has 19 nitrogen and oxygen atoms in total. The van der Waals surface area contributed by atoms with E-state index in [1.807, 2.05) is 12.1 Å². The zero-order valence-electron chi connectivity index (χ0n) is 25.9. The second-order valence-corrected chi connectivity index (χ2v) is 10.3. The minimum Gasteiger partial charge on any atom is -0.481 e. The zero-order valence-corrected chi connectivity index (χ0v) is 25.9. The van der Waals surface area contributed by atoms with Crippen LogP contribution in [-0.2, 0) is 51.3 Å². The number of hydrogen-bond acceptors (Lipinski definition) is 11. The van der Waals surface area contributed by atoms with Crippen LogP contribution in [0.3, 0.4) is 0 Å². The van der Waals surface area contributed by atoms with Crippen molar-refractivity contribution in [2.75, 3.05) is 32.7 Å². The van der Waals surface area contributed by atoms with Crippen molar-refractivity contribution in [1.29, 1.82) is 0 Å². The van der Waals surface area contributed by atoms with Gasteiger partial charge in [0, 0.05) is 13.5 Å². The summed E-state index contributed by atoms with van der Waals surface area (Å²) in [5.74, 6) is -5.77. The molecule has 1 unspecified atom stereocenters. The molecule has 13 N–H and O–H groups in total. The van der Waals surface area contributed by atoms with E-state index in [4.69, 9.17) is 16.6 Å². The third-order valence-electron chi connectivity index (χ3n) is 6.27. The number of benzene rings is 1. The molecule has 47 heavy (non-hydrogen) atoms. The molecule has 1 aromatic rings. The van der Waals surface area contributed by atoms with E-state index < -0.39 is 78.6 Å². The Bertz CT molecular complexity index is 1240. The lowest BCUT2D eigenvalue weighted by Gasteiger charge is -2.18. The molecule has 0 aliphatic rings. The largest absolute Gasteiger partial charge is 0.481 e. The van der Waals surface area contributed by atoms with E-state index in [9.17, 15) is 43.5 Å². The second kappa shape index (κ2) is 21.6. The van der Waals surface area contributed by atoms with Gasteiger partial charge in [-0.2, -0.15) is 0 Å². The molecule has 0 aliphatic carbocycles. The molecule has 1 rings (SSSR count). The summed E-state index contributed by atoms with van der Waals surface area (Å²) in [6.45, 7) is -0.195. The molecule has 3 atom stereocenters. The Balaban J connectivity index is 2.39. The van der Waals surface area contributed by atoms with E-state index >= 15 is 0 Å². The summed E-state index contributed by atoms with van der Waals surface area (Å²) in [5, 5.41) is 35.3. The number of rotatable bonds is 22. The predicted molar refractivity (Wildman–Crippen MR) is 164 cm³/mol. The number of aliphatic hydroxyl groups is 1. The third-order valence-corrected chi connectivity index (χ3v) is 6.27. The molecule has 0 saturated heterocycles. The first-order chi connectivity index (χ1) is 22.2. The molecular weight excluding hydrogens is 622 g/mol. The van der Waals surface area contributed by atoms with Crippen molar-refractivity contribution in [3.8, 4) is 0 Å². The average molecular weight is 666 g/mol. The van der Waals surface area contributed by atoms with Gasteiger partial charge in [0.05, 0.1) is 39.1 Å². The van der Waals surface area contributed by atoms with Crippen molar-refractivity contribution < 1.29 is 48.6 Å². The number of aryl methyl sites for hydroxylation is 1. The van der Waals surface area contributed by atoms with Crippen molar-refractivity contribution in [2.45, 2.75) is 57.5 Å². The maximum Gasteiger partial charge on any atom is 0.305 e. The van der Waals surface area contributed by atoms with E-state index in [0.29, 0.717) is 12.8 Å². The first-order valence-electron chi connectivity index (χ1n) is 14.5. The quantitative estimate of drug-likeness (QED) is 0.0518. The minimum atomic E-state index is -1.37. The van der Waals surface area contributed by atoms with E-state index in [0.717, 1.165) is 18.1 Å². The number of amides is 7. The summed E-state index contributed by atoms with van der Waals surface area (Å²) in [6.07, 6.45) is -0.654. The smallest absolute Gasteiger partial charge is 0.305 e. The fourth-order valence-electron chi connectivity index (χ4n) is 3.85. The number of aliphatic carboxylic acids is 1. The second-order valence-electron chi connectivity index (χ2n) is 10.3. The van der Waals surface area contributed by atoms with Crippen LogP contribution in [-0.4, -0.2) is 109 Å². The molecule has 260 valence electrons. The monoisotopic (exact) mass is 665 g/mol. The Morgan fingerprint density at radius 3 is 1.98 bits per heavy atom. The van der Waals surface area contributed by atoms with Gasteiger partial charge in [-0.15, -0.1) is 0 Å². The number of carboxylic acid groups (broad SMARTS) is 1. The molecule has 0 heterocycles. The summed E-state index contributed by atoms with van der Waals surface area (Å²) in [5.41, 5.74) is 12.2. The lowest BCUT2D eigenvalue weighted by atomic mass is 10.0. The molecule has 0 aliphatic heterocycles. The van der Waals surface area contributed by atoms with Crippen molar-refractivity contribution in [3.63, 3.8) is 0 Å². The van der Waals surface area contributed by atoms with Crippen LogP contribution in [0.5, 0.6) is 0 Å². The van der Waals surface area contributed by atoms with Gasteiger partial charge in [0.25, 0.3) is 0 Å². The van der Waals surface area contributed by atoms with Crippen LogP contribution in [0.4, 0.5) is 0 Å². The maximum absolute atomic E-state index is 12.3. The average Bonchev–Trinajstić information content (AvgIpc) is 3.02. The van der Waals surface area contributed by atoms with Gasteiger partial charge in [0.2, 0.25) is 41.4 Å². The maximum atomic E-state index is 12.3. The number of nitrogens with two attached hydrogens (primary N) is 2. The van der Waals surface area contributed by atoms with Gasteiger partial charge in [-0.1, -0.05) is 24.3 Å². The molecule has 0 fully saturated rings. The summed E-state index contributed by atoms with van der Waals surface area (Å²) in [6, 6.07) is 4.83. The van der Waals surface area contributed by atoms with Gasteiger partial charge < -0.3 is 53.6 Å². The minimum absolute atomic E-state index is 0.138. The number of primary amides is 1. The van der Waals surface area contributed by atoms with Gasteiger partial charge in [0.1, 0.15) is 18.3 Å². The molecule has 0 radical (unpaired) electrons. The van der Waals surface area contributed by atoms with E-state index in [1.54, 1.807) is 12.1 Å². The Hall–Kier alpha value is -5.14. The number of carbonyl (C=O) groups excluding carboxylic acids is 7. The van der Waals surface area contributed by atoms with Crippen LogP contribution in [0.15, 0.2) is 24.3 Å². The fourth-order valence-corrected chi connectivity index (χ4v) is 3.85. The number of carbonyl (C=O) groups is 8. The van der Waals surface area contributed by atoms with Crippen LogP contribution >= 0.6 is 0 Å². The standard InChI is InChI=1S/C28H43N9O10/c1-16(38)36-20(9-26(44)45)28(47)35-15-25(43)37-19(27(30)46)4-2-3-17-5-7-18(8-6-17)11-31-22(40)13-33-24(42)14-34-23(41)12-32-21(39)10-29/h5-8,19-20,23,34,41H,2-4,9-15,29H2,1H3,(H2,30,46)(H,31,40)(H,32,39)(H,33,42)(H,35,47)(H,36,38)(H,37,43)(H,44,45)/t19-,20-,23?/m0/s1. The first kappa shape index (κ1) is 39.9. The lowest BCUT2D eigenvalue weighted by Crippen LogP contribution is -2.51. The third kappa shape index (κ3) is 18.4. The molecule has 0 saturated carbocycles. The zero-order chi connectivity index (χ0) is 35.4. The van der Waals surface area contributed by atoms with Crippen LogP contribution in [0.25, 0.3) is 0 Å².